The summed E-state index contributed by atoms with van der Waals surface area (Å²) in [5, 5.41) is 20.8. The average molecular weight is 542 g/mol. The van der Waals surface area contributed by atoms with E-state index >= 15 is 0 Å². The van der Waals surface area contributed by atoms with E-state index in [0.717, 1.165) is 11.1 Å². The molecule has 194 valence electrons. The molecule has 36 heavy (non-hydrogen) atoms. The van der Waals surface area contributed by atoms with Crippen LogP contribution < -0.4 is 0 Å². The largest absolute Gasteiger partial charge is 0.442 e. The van der Waals surface area contributed by atoms with Gasteiger partial charge in [-0.3, -0.25) is 4.79 Å². The molecular formula is C27H28Cl2F3NO3. The van der Waals surface area contributed by atoms with Crippen LogP contribution in [-0.4, -0.2) is 39.0 Å². The van der Waals surface area contributed by atoms with Crippen LogP contribution >= 0.6 is 23.2 Å². The van der Waals surface area contributed by atoms with E-state index in [1.807, 2.05) is 13.0 Å². The molecule has 0 unspecified atom stereocenters. The maximum atomic E-state index is 13.9. The van der Waals surface area contributed by atoms with E-state index in [1.165, 1.54) is 4.90 Å². The van der Waals surface area contributed by atoms with Gasteiger partial charge in [-0.05, 0) is 55.2 Å². The molecule has 0 bridgehead atoms. The van der Waals surface area contributed by atoms with E-state index < -0.39 is 42.3 Å². The van der Waals surface area contributed by atoms with Crippen molar-refractivity contribution < 1.29 is 28.2 Å². The highest BCUT2D eigenvalue weighted by Gasteiger charge is 2.55. The number of nitrogens with zero attached hydrogens (tertiary/aromatic N) is 1. The molecule has 2 aromatic rings. The molecule has 0 radical (unpaired) electrons. The van der Waals surface area contributed by atoms with Crippen molar-refractivity contribution in [2.75, 3.05) is 0 Å². The van der Waals surface area contributed by atoms with Crippen molar-refractivity contribution in [3.05, 3.63) is 93.5 Å². The average Bonchev–Trinajstić information content (AvgIpc) is 2.80. The van der Waals surface area contributed by atoms with Crippen LogP contribution in [0.5, 0.6) is 0 Å². The Morgan fingerprint density at radius 3 is 2.25 bits per heavy atom. The topological polar surface area (TPSA) is 60.8 Å². The van der Waals surface area contributed by atoms with Gasteiger partial charge in [-0.25, -0.2) is 0 Å². The molecule has 0 spiro atoms. The third kappa shape index (κ3) is 5.65. The number of halogens is 5. The summed E-state index contributed by atoms with van der Waals surface area (Å²) in [6.45, 7) is 7.16. The van der Waals surface area contributed by atoms with E-state index in [0.29, 0.717) is 21.2 Å². The number of hydrogen-bond donors (Lipinski definition) is 2. The third-order valence-corrected chi connectivity index (χ3v) is 7.14. The van der Waals surface area contributed by atoms with Crippen LogP contribution in [0.25, 0.3) is 0 Å². The normalized spacial score (nSPS) is 20.0. The summed E-state index contributed by atoms with van der Waals surface area (Å²) in [5.41, 5.74) is 2.54. The second-order valence-electron chi connectivity index (χ2n) is 8.98. The molecule has 0 fully saturated rings. The lowest BCUT2D eigenvalue weighted by Gasteiger charge is -2.48. The van der Waals surface area contributed by atoms with Gasteiger partial charge in [0, 0.05) is 34.0 Å². The molecular weight excluding hydrogens is 514 g/mol. The minimum absolute atomic E-state index is 0.0530. The Morgan fingerprint density at radius 1 is 1.08 bits per heavy atom. The molecule has 0 aliphatic carbocycles. The lowest BCUT2D eigenvalue weighted by atomic mass is 9.74. The molecule has 0 saturated heterocycles. The third-order valence-electron chi connectivity index (χ3n) is 6.66. The van der Waals surface area contributed by atoms with Crippen molar-refractivity contribution in [2.45, 2.75) is 63.1 Å². The van der Waals surface area contributed by atoms with Crippen LogP contribution in [-0.2, 0) is 4.79 Å². The first-order valence-electron chi connectivity index (χ1n) is 11.5. The second kappa shape index (κ2) is 11.0. The Kier molecular flexibility index (Phi) is 8.61. The molecule has 3 atom stereocenters. The van der Waals surface area contributed by atoms with Crippen LogP contribution in [0.3, 0.4) is 0 Å². The van der Waals surface area contributed by atoms with E-state index in [-0.39, 0.29) is 12.8 Å². The van der Waals surface area contributed by atoms with Crippen LogP contribution in [0.2, 0.25) is 10.0 Å². The summed E-state index contributed by atoms with van der Waals surface area (Å²) in [6, 6.07) is 11.9. The number of carbonyl (C=O) groups is 1. The fraction of sp³-hybridized carbons (Fsp3) is 0.370. The quantitative estimate of drug-likeness (QED) is 0.280. The van der Waals surface area contributed by atoms with Gasteiger partial charge in [0.15, 0.2) is 0 Å². The maximum absolute atomic E-state index is 13.9. The number of amides is 1. The standard InChI is InChI=1S/C27H28Cl2F3NO3/c1-4-7-22-16(3)23(18-8-6-9-20(29)14-18)24(17-10-12-19(28)13-11-17)33(25(22)34)21(5-2)15-26(35,36)27(30,31)32/h4,6,8-14,21,23-24,35-36H,1,5,7,15H2,2-3H3/t21-,23+,24+/m0/s1. The first-order chi connectivity index (χ1) is 16.8. The van der Waals surface area contributed by atoms with Crippen molar-refractivity contribution >= 4 is 29.1 Å². The van der Waals surface area contributed by atoms with Crippen molar-refractivity contribution in [2.24, 2.45) is 0 Å². The molecule has 0 saturated carbocycles. The molecule has 1 aliphatic heterocycles. The Bertz CT molecular complexity index is 1150. The maximum Gasteiger partial charge on any atom is 0.442 e. The van der Waals surface area contributed by atoms with E-state index in [4.69, 9.17) is 23.2 Å². The summed E-state index contributed by atoms with van der Waals surface area (Å²) in [5.74, 6) is -4.92. The Hall–Kier alpha value is -2.32. The molecule has 1 amide bonds. The fourth-order valence-corrected chi connectivity index (χ4v) is 5.18. The first-order valence-corrected chi connectivity index (χ1v) is 12.2. The highest BCUT2D eigenvalue weighted by Crippen LogP contribution is 2.49. The van der Waals surface area contributed by atoms with Gasteiger partial charge in [-0.15, -0.1) is 6.58 Å². The van der Waals surface area contributed by atoms with Gasteiger partial charge in [0.25, 0.3) is 11.7 Å². The fourth-order valence-electron chi connectivity index (χ4n) is 4.85. The summed E-state index contributed by atoms with van der Waals surface area (Å²) >= 11 is 12.4. The van der Waals surface area contributed by atoms with Crippen LogP contribution in [0, 0.1) is 0 Å². The summed E-state index contributed by atoms with van der Waals surface area (Å²) in [6.07, 6.45) is -4.59. The number of carbonyl (C=O) groups excluding carboxylic acids is 1. The van der Waals surface area contributed by atoms with Crippen molar-refractivity contribution in [3.63, 3.8) is 0 Å². The molecule has 4 nitrogen and oxygen atoms in total. The Morgan fingerprint density at radius 2 is 1.72 bits per heavy atom. The van der Waals surface area contributed by atoms with Gasteiger partial charge in [0.05, 0.1) is 6.04 Å². The van der Waals surface area contributed by atoms with Crippen molar-refractivity contribution in [1.29, 1.82) is 0 Å². The number of alkyl halides is 3. The molecule has 3 rings (SSSR count). The first kappa shape index (κ1) is 28.3. The van der Waals surface area contributed by atoms with Crippen LogP contribution in [0.4, 0.5) is 13.2 Å². The van der Waals surface area contributed by atoms with Gasteiger partial charge < -0.3 is 15.1 Å². The van der Waals surface area contributed by atoms with Gasteiger partial charge in [0.1, 0.15) is 0 Å². The van der Waals surface area contributed by atoms with E-state index in [9.17, 15) is 28.2 Å². The highest BCUT2D eigenvalue weighted by atomic mass is 35.5. The number of rotatable bonds is 8. The zero-order valence-corrected chi connectivity index (χ0v) is 21.4. The molecule has 1 heterocycles. The van der Waals surface area contributed by atoms with Crippen LogP contribution in [0.15, 0.2) is 72.3 Å². The van der Waals surface area contributed by atoms with Crippen molar-refractivity contribution in [1.82, 2.24) is 4.90 Å². The predicted octanol–water partition coefficient (Wildman–Crippen LogP) is 6.97. The van der Waals surface area contributed by atoms with Gasteiger partial charge >= 0.3 is 6.18 Å². The predicted molar refractivity (Wildman–Crippen MR) is 135 cm³/mol. The second-order valence-corrected chi connectivity index (χ2v) is 9.85. The van der Waals surface area contributed by atoms with Crippen molar-refractivity contribution in [3.8, 4) is 0 Å². The molecule has 0 aromatic heterocycles. The summed E-state index contributed by atoms with van der Waals surface area (Å²) in [4.78, 5) is 15.2. The Labute approximate surface area is 218 Å². The number of allylic oxidation sites excluding steroid dienone is 1. The zero-order chi connectivity index (χ0) is 26.8. The smallest absolute Gasteiger partial charge is 0.359 e. The van der Waals surface area contributed by atoms with Gasteiger partial charge in [-0.2, -0.15) is 13.2 Å². The minimum Gasteiger partial charge on any atom is -0.359 e. The lowest BCUT2D eigenvalue weighted by Crippen LogP contribution is -2.54. The Balaban J connectivity index is 2.29. The lowest BCUT2D eigenvalue weighted by molar-refractivity contribution is -0.354. The summed E-state index contributed by atoms with van der Waals surface area (Å²) < 4.78 is 40.3. The van der Waals surface area contributed by atoms with Gasteiger partial charge in [-0.1, -0.05) is 66.0 Å². The van der Waals surface area contributed by atoms with Crippen LogP contribution in [0.1, 0.15) is 56.2 Å². The van der Waals surface area contributed by atoms with E-state index in [2.05, 4.69) is 6.58 Å². The summed E-state index contributed by atoms with van der Waals surface area (Å²) in [7, 11) is 0. The molecule has 1 aliphatic rings. The number of hydrogen-bond acceptors (Lipinski definition) is 3. The SMILES string of the molecule is C=CCC1=C(C)[C@H](c2cccc(Cl)c2)[C@@H](c2ccc(Cl)cc2)N([C@@H](CC)CC(O)(O)C(F)(F)F)C1=O. The zero-order valence-electron chi connectivity index (χ0n) is 19.9. The minimum atomic E-state index is -5.29. The monoisotopic (exact) mass is 541 g/mol. The molecule has 9 heteroatoms. The molecule has 2 N–H and O–H groups in total. The highest BCUT2D eigenvalue weighted by molar-refractivity contribution is 6.30. The van der Waals surface area contributed by atoms with E-state index in [1.54, 1.807) is 55.5 Å². The molecule has 2 aromatic carbocycles. The number of benzene rings is 2. The van der Waals surface area contributed by atoms with Gasteiger partial charge in [0.2, 0.25) is 0 Å². The number of aliphatic hydroxyl groups is 2.